The number of ether oxygens (including phenoxy) is 1. The van der Waals surface area contributed by atoms with Gasteiger partial charge in [0.15, 0.2) is 0 Å². The van der Waals surface area contributed by atoms with Crippen LogP contribution in [0.4, 0.5) is 5.69 Å². The van der Waals surface area contributed by atoms with E-state index >= 15 is 0 Å². The molecule has 0 saturated heterocycles. The van der Waals surface area contributed by atoms with Gasteiger partial charge >= 0.3 is 5.97 Å². The Morgan fingerprint density at radius 2 is 1.94 bits per heavy atom. The first kappa shape index (κ1) is 21.6. The monoisotopic (exact) mass is 450 g/mol. The van der Waals surface area contributed by atoms with Gasteiger partial charge in [0.2, 0.25) is 5.91 Å². The van der Waals surface area contributed by atoms with Crippen LogP contribution in [0.25, 0.3) is 11.0 Å². The molecule has 3 aromatic heterocycles. The smallest absolute Gasteiger partial charge is 0.337 e. The van der Waals surface area contributed by atoms with Crippen molar-refractivity contribution in [3.05, 3.63) is 71.6 Å². The first-order chi connectivity index (χ1) is 15.5. The Morgan fingerprint density at radius 1 is 1.16 bits per heavy atom. The number of thioether (sulfide) groups is 1. The molecule has 1 aromatic carbocycles. The number of hydrogen-bond acceptors (Lipinski definition) is 7. The number of furan rings is 1. The lowest BCUT2D eigenvalue weighted by atomic mass is 10.2. The maximum Gasteiger partial charge on any atom is 0.337 e. The van der Waals surface area contributed by atoms with E-state index < -0.39 is 5.97 Å². The number of aryl methyl sites for hydroxylation is 1. The fourth-order valence-corrected chi connectivity index (χ4v) is 4.29. The Labute approximate surface area is 189 Å². The zero-order valence-corrected chi connectivity index (χ0v) is 18.7. The highest BCUT2D eigenvalue weighted by Gasteiger charge is 2.18. The molecule has 0 aliphatic carbocycles. The van der Waals surface area contributed by atoms with Gasteiger partial charge in [-0.05, 0) is 55.8 Å². The van der Waals surface area contributed by atoms with Gasteiger partial charge in [0.05, 0.1) is 36.6 Å². The summed E-state index contributed by atoms with van der Waals surface area (Å²) in [5.41, 5.74) is 4.00. The summed E-state index contributed by atoms with van der Waals surface area (Å²) in [6.07, 6.45) is 3.17. The Kier molecular flexibility index (Phi) is 6.27. The van der Waals surface area contributed by atoms with Gasteiger partial charge < -0.3 is 19.0 Å². The largest absolute Gasteiger partial charge is 0.467 e. The highest BCUT2D eigenvalue weighted by Crippen LogP contribution is 2.31. The number of esters is 1. The first-order valence-electron chi connectivity index (χ1n) is 9.91. The van der Waals surface area contributed by atoms with Crippen molar-refractivity contribution in [2.75, 3.05) is 18.2 Å². The average Bonchev–Trinajstić information content (AvgIpc) is 3.41. The van der Waals surface area contributed by atoms with Gasteiger partial charge in [-0.25, -0.2) is 14.8 Å². The van der Waals surface area contributed by atoms with Crippen LogP contribution in [-0.4, -0.2) is 39.3 Å². The summed E-state index contributed by atoms with van der Waals surface area (Å²) in [5.74, 6) is 0.440. The van der Waals surface area contributed by atoms with Crippen LogP contribution in [0.2, 0.25) is 0 Å². The quantitative estimate of drug-likeness (QED) is 0.256. The molecule has 0 spiro atoms. The van der Waals surface area contributed by atoms with Crippen LogP contribution >= 0.6 is 11.8 Å². The second-order valence-corrected chi connectivity index (χ2v) is 8.12. The summed E-state index contributed by atoms with van der Waals surface area (Å²) in [6, 6.07) is 10.3. The van der Waals surface area contributed by atoms with Crippen molar-refractivity contribution < 1.29 is 18.7 Å². The van der Waals surface area contributed by atoms with Crippen LogP contribution in [0.1, 0.15) is 27.4 Å². The fourth-order valence-electron chi connectivity index (χ4n) is 3.44. The molecule has 0 unspecified atom stereocenters. The average molecular weight is 451 g/mol. The van der Waals surface area contributed by atoms with Gasteiger partial charge in [0.25, 0.3) is 0 Å². The molecule has 0 bridgehead atoms. The number of benzene rings is 1. The van der Waals surface area contributed by atoms with Crippen molar-refractivity contribution in [1.82, 2.24) is 14.5 Å². The summed E-state index contributed by atoms with van der Waals surface area (Å²) < 4.78 is 12.3. The molecule has 0 aliphatic rings. The standard InChI is InChI=1S/C23H22N4O4S/c1-14-15(2)27(11-18-5-4-10-31-18)21-20(14)22(25-13-24-21)32-12-19(28)26-17-8-6-16(7-9-17)23(29)30-3/h4-10,13H,11-12H2,1-3H3,(H,26,28). The summed E-state index contributed by atoms with van der Waals surface area (Å²) >= 11 is 1.36. The summed E-state index contributed by atoms with van der Waals surface area (Å²) in [7, 11) is 1.33. The Hall–Kier alpha value is -3.59. The van der Waals surface area contributed by atoms with E-state index in [0.717, 1.165) is 33.1 Å². The number of rotatable bonds is 7. The minimum Gasteiger partial charge on any atom is -0.467 e. The van der Waals surface area contributed by atoms with Crippen LogP contribution in [0.15, 0.2) is 58.4 Å². The van der Waals surface area contributed by atoms with Gasteiger partial charge in [0, 0.05) is 11.4 Å². The third kappa shape index (κ3) is 4.38. The molecule has 0 fully saturated rings. The molecule has 0 atom stereocenters. The van der Waals surface area contributed by atoms with Crippen LogP contribution in [0.3, 0.4) is 0 Å². The van der Waals surface area contributed by atoms with E-state index in [-0.39, 0.29) is 11.7 Å². The number of carbonyl (C=O) groups is 2. The zero-order valence-electron chi connectivity index (χ0n) is 17.9. The summed E-state index contributed by atoms with van der Waals surface area (Å²) in [5, 5.41) is 4.53. The Bertz CT molecular complexity index is 1260. The van der Waals surface area contributed by atoms with E-state index in [2.05, 4.69) is 24.6 Å². The molecule has 9 heteroatoms. The second kappa shape index (κ2) is 9.27. The molecular weight excluding hydrogens is 428 g/mol. The maximum atomic E-state index is 12.5. The van der Waals surface area contributed by atoms with E-state index in [1.807, 2.05) is 26.0 Å². The van der Waals surface area contributed by atoms with Crippen LogP contribution in [0.5, 0.6) is 0 Å². The number of methoxy groups -OCH3 is 1. The number of nitrogens with zero attached hydrogens (tertiary/aromatic N) is 3. The second-order valence-electron chi connectivity index (χ2n) is 7.16. The molecule has 1 amide bonds. The number of aromatic nitrogens is 3. The normalized spacial score (nSPS) is 11.0. The lowest BCUT2D eigenvalue weighted by Crippen LogP contribution is -2.14. The summed E-state index contributed by atoms with van der Waals surface area (Å²) in [4.78, 5) is 32.9. The van der Waals surface area contributed by atoms with Crippen molar-refractivity contribution in [3.63, 3.8) is 0 Å². The molecule has 0 radical (unpaired) electrons. The van der Waals surface area contributed by atoms with E-state index in [0.29, 0.717) is 17.8 Å². The third-order valence-electron chi connectivity index (χ3n) is 5.19. The predicted molar refractivity (Wildman–Crippen MR) is 122 cm³/mol. The lowest BCUT2D eigenvalue weighted by Gasteiger charge is -2.07. The summed E-state index contributed by atoms with van der Waals surface area (Å²) in [6.45, 7) is 4.65. The molecule has 3 heterocycles. The molecule has 164 valence electrons. The highest BCUT2D eigenvalue weighted by atomic mass is 32.2. The number of amides is 1. The van der Waals surface area contributed by atoms with Gasteiger partial charge in [-0.2, -0.15) is 0 Å². The Morgan fingerprint density at radius 3 is 2.62 bits per heavy atom. The maximum absolute atomic E-state index is 12.5. The van der Waals surface area contributed by atoms with Crippen molar-refractivity contribution >= 4 is 40.4 Å². The molecule has 4 aromatic rings. The number of nitrogens with one attached hydrogen (secondary N) is 1. The number of anilines is 1. The van der Waals surface area contributed by atoms with Gasteiger partial charge in [-0.1, -0.05) is 11.8 Å². The predicted octanol–water partition coefficient (Wildman–Crippen LogP) is 4.21. The third-order valence-corrected chi connectivity index (χ3v) is 6.18. The number of fused-ring (bicyclic) bond motifs is 1. The van der Waals surface area contributed by atoms with Crippen LogP contribution in [0, 0.1) is 13.8 Å². The van der Waals surface area contributed by atoms with Crippen LogP contribution < -0.4 is 5.32 Å². The van der Waals surface area contributed by atoms with Crippen molar-refractivity contribution in [2.24, 2.45) is 0 Å². The van der Waals surface area contributed by atoms with Crippen molar-refractivity contribution in [1.29, 1.82) is 0 Å². The van der Waals surface area contributed by atoms with E-state index in [1.54, 1.807) is 30.5 Å². The van der Waals surface area contributed by atoms with E-state index in [4.69, 9.17) is 4.42 Å². The van der Waals surface area contributed by atoms with Gasteiger partial charge in [-0.3, -0.25) is 4.79 Å². The van der Waals surface area contributed by atoms with Crippen molar-refractivity contribution in [2.45, 2.75) is 25.4 Å². The van der Waals surface area contributed by atoms with E-state index in [9.17, 15) is 9.59 Å². The topological polar surface area (TPSA) is 99.2 Å². The highest BCUT2D eigenvalue weighted by molar-refractivity contribution is 8.00. The molecule has 1 N–H and O–H groups in total. The molecule has 0 aliphatic heterocycles. The zero-order chi connectivity index (χ0) is 22.7. The van der Waals surface area contributed by atoms with Gasteiger partial charge in [-0.15, -0.1) is 0 Å². The lowest BCUT2D eigenvalue weighted by molar-refractivity contribution is -0.113. The fraction of sp³-hybridized carbons (Fsp3) is 0.217. The number of carbonyl (C=O) groups excluding carboxylic acids is 2. The van der Waals surface area contributed by atoms with Crippen molar-refractivity contribution in [3.8, 4) is 0 Å². The molecule has 4 rings (SSSR count). The van der Waals surface area contributed by atoms with Crippen LogP contribution in [-0.2, 0) is 16.1 Å². The SMILES string of the molecule is COC(=O)c1ccc(NC(=O)CSc2ncnc3c2c(C)c(C)n3Cc2ccco2)cc1. The number of hydrogen-bond donors (Lipinski definition) is 1. The minimum atomic E-state index is -0.421. The molecule has 8 nitrogen and oxygen atoms in total. The van der Waals surface area contributed by atoms with E-state index in [1.165, 1.54) is 25.2 Å². The van der Waals surface area contributed by atoms with Gasteiger partial charge in [0.1, 0.15) is 22.8 Å². The minimum absolute atomic E-state index is 0.169. The molecule has 0 saturated carbocycles. The molecule has 32 heavy (non-hydrogen) atoms. The Balaban J connectivity index is 1.48. The molecular formula is C23H22N4O4S. The first-order valence-corrected chi connectivity index (χ1v) is 10.9.